The van der Waals surface area contributed by atoms with Crippen LogP contribution in [0.3, 0.4) is 0 Å². The fourth-order valence-electron chi connectivity index (χ4n) is 2.15. The van der Waals surface area contributed by atoms with E-state index in [4.69, 9.17) is 11.0 Å². The molecule has 1 aromatic rings. The molecule has 0 unspecified atom stereocenters. The van der Waals surface area contributed by atoms with E-state index in [9.17, 15) is 9.18 Å². The van der Waals surface area contributed by atoms with Gasteiger partial charge >= 0.3 is 0 Å². The molecule has 0 aliphatic carbocycles. The maximum absolute atomic E-state index is 13.7. The molecule has 3 N–H and O–H groups in total. The molecule has 1 rings (SSSR count). The van der Waals surface area contributed by atoms with Crippen LogP contribution in [0.25, 0.3) is 0 Å². The average molecular weight is 277 g/mol. The van der Waals surface area contributed by atoms with E-state index in [2.05, 4.69) is 5.32 Å². The summed E-state index contributed by atoms with van der Waals surface area (Å²) in [6.45, 7) is 5.83. The highest BCUT2D eigenvalue weighted by Gasteiger charge is 2.31. The fraction of sp³-hybridized carbons (Fsp3) is 0.467. The van der Waals surface area contributed by atoms with Gasteiger partial charge in [-0.15, -0.1) is 0 Å². The van der Waals surface area contributed by atoms with Crippen molar-refractivity contribution in [3.05, 3.63) is 35.1 Å². The SMILES string of the molecule is CC(C)C[C@@](C)(NCc1cc(C#N)ccc1F)C(N)=O. The van der Waals surface area contributed by atoms with E-state index >= 15 is 0 Å². The van der Waals surface area contributed by atoms with Crippen molar-refractivity contribution in [1.29, 1.82) is 5.26 Å². The number of nitriles is 1. The third kappa shape index (κ3) is 4.04. The van der Waals surface area contributed by atoms with Crippen molar-refractivity contribution in [2.75, 3.05) is 0 Å². The van der Waals surface area contributed by atoms with E-state index in [0.29, 0.717) is 17.5 Å². The third-order valence-electron chi connectivity index (χ3n) is 3.20. The predicted molar refractivity (Wildman–Crippen MR) is 75.0 cm³/mol. The summed E-state index contributed by atoms with van der Waals surface area (Å²) in [5, 5.41) is 11.8. The topological polar surface area (TPSA) is 78.9 Å². The van der Waals surface area contributed by atoms with E-state index < -0.39 is 17.3 Å². The number of nitrogens with two attached hydrogens (primary N) is 1. The lowest BCUT2D eigenvalue weighted by atomic mass is 9.89. The molecule has 0 aliphatic rings. The van der Waals surface area contributed by atoms with Crippen LogP contribution in [0.4, 0.5) is 4.39 Å². The van der Waals surface area contributed by atoms with Crippen LogP contribution in [-0.4, -0.2) is 11.4 Å². The molecule has 1 aromatic carbocycles. The number of hydrogen-bond acceptors (Lipinski definition) is 3. The Hall–Kier alpha value is -1.93. The average Bonchev–Trinajstić information content (AvgIpc) is 2.37. The summed E-state index contributed by atoms with van der Waals surface area (Å²) in [5.74, 6) is -0.605. The van der Waals surface area contributed by atoms with Gasteiger partial charge in [0.2, 0.25) is 5.91 Å². The zero-order valence-corrected chi connectivity index (χ0v) is 12.0. The summed E-state index contributed by atoms with van der Waals surface area (Å²) >= 11 is 0. The highest BCUT2D eigenvalue weighted by atomic mass is 19.1. The van der Waals surface area contributed by atoms with E-state index in [1.54, 1.807) is 6.92 Å². The summed E-state index contributed by atoms with van der Waals surface area (Å²) < 4.78 is 13.7. The van der Waals surface area contributed by atoms with Gasteiger partial charge in [0.15, 0.2) is 0 Å². The number of carbonyl (C=O) groups excluding carboxylic acids is 1. The van der Waals surface area contributed by atoms with Crippen LogP contribution in [0.5, 0.6) is 0 Å². The number of carbonyl (C=O) groups is 1. The normalized spacial score (nSPS) is 13.8. The Morgan fingerprint density at radius 2 is 2.20 bits per heavy atom. The van der Waals surface area contributed by atoms with Crippen LogP contribution in [0.2, 0.25) is 0 Å². The molecule has 0 saturated heterocycles. The highest BCUT2D eigenvalue weighted by Crippen LogP contribution is 2.18. The van der Waals surface area contributed by atoms with Crippen LogP contribution < -0.4 is 11.1 Å². The van der Waals surface area contributed by atoms with Crippen molar-refractivity contribution in [3.8, 4) is 6.07 Å². The van der Waals surface area contributed by atoms with Crippen molar-refractivity contribution in [1.82, 2.24) is 5.32 Å². The molecular formula is C15H20FN3O. The predicted octanol–water partition coefficient (Wildman–Crippen LogP) is 2.08. The quantitative estimate of drug-likeness (QED) is 0.835. The van der Waals surface area contributed by atoms with Crippen LogP contribution in [0, 0.1) is 23.1 Å². The Morgan fingerprint density at radius 1 is 1.55 bits per heavy atom. The lowest BCUT2D eigenvalue weighted by Gasteiger charge is -2.29. The van der Waals surface area contributed by atoms with Crippen LogP contribution in [0.15, 0.2) is 18.2 Å². The summed E-state index contributed by atoms with van der Waals surface area (Å²) in [6, 6.07) is 6.10. The molecule has 0 heterocycles. The van der Waals surface area contributed by atoms with Gasteiger partial charge < -0.3 is 5.73 Å². The Morgan fingerprint density at radius 3 is 2.70 bits per heavy atom. The van der Waals surface area contributed by atoms with Gasteiger partial charge in [0.05, 0.1) is 17.2 Å². The Balaban J connectivity index is 2.88. The first kappa shape index (κ1) is 16.1. The first-order chi connectivity index (χ1) is 9.28. The van der Waals surface area contributed by atoms with E-state index in [1.165, 1.54) is 18.2 Å². The largest absolute Gasteiger partial charge is 0.368 e. The van der Waals surface area contributed by atoms with Gasteiger partial charge in [-0.3, -0.25) is 10.1 Å². The third-order valence-corrected chi connectivity index (χ3v) is 3.20. The molecule has 0 saturated carbocycles. The molecule has 5 heteroatoms. The molecule has 0 bridgehead atoms. The number of primary amides is 1. The number of halogens is 1. The van der Waals surface area contributed by atoms with Gasteiger partial charge in [-0.05, 0) is 37.5 Å². The second-order valence-electron chi connectivity index (χ2n) is 5.57. The molecule has 108 valence electrons. The molecule has 0 radical (unpaired) electrons. The van der Waals surface area contributed by atoms with Crippen LogP contribution >= 0.6 is 0 Å². The second kappa shape index (κ2) is 6.49. The van der Waals surface area contributed by atoms with Gasteiger partial charge in [0, 0.05) is 12.1 Å². The van der Waals surface area contributed by atoms with Crippen molar-refractivity contribution in [3.63, 3.8) is 0 Å². The first-order valence-electron chi connectivity index (χ1n) is 6.52. The summed E-state index contributed by atoms with van der Waals surface area (Å²) in [7, 11) is 0. The fourth-order valence-corrected chi connectivity index (χ4v) is 2.15. The zero-order valence-electron chi connectivity index (χ0n) is 12.0. The minimum Gasteiger partial charge on any atom is -0.368 e. The summed E-state index contributed by atoms with van der Waals surface area (Å²) in [4.78, 5) is 11.6. The number of benzene rings is 1. The lowest BCUT2D eigenvalue weighted by Crippen LogP contribution is -2.53. The molecular weight excluding hydrogens is 257 g/mol. The summed E-state index contributed by atoms with van der Waals surface area (Å²) in [6.07, 6.45) is 0.557. The monoisotopic (exact) mass is 277 g/mol. The van der Waals surface area contributed by atoms with E-state index in [-0.39, 0.29) is 12.5 Å². The Labute approximate surface area is 118 Å². The highest BCUT2D eigenvalue weighted by molar-refractivity contribution is 5.84. The maximum atomic E-state index is 13.7. The van der Waals surface area contributed by atoms with Gasteiger partial charge in [0.25, 0.3) is 0 Å². The smallest absolute Gasteiger partial charge is 0.237 e. The van der Waals surface area contributed by atoms with E-state index in [0.717, 1.165) is 0 Å². The zero-order chi connectivity index (χ0) is 15.3. The molecule has 20 heavy (non-hydrogen) atoms. The minimum atomic E-state index is -0.900. The lowest BCUT2D eigenvalue weighted by molar-refractivity contribution is -0.124. The van der Waals surface area contributed by atoms with Crippen molar-refractivity contribution in [2.45, 2.75) is 39.3 Å². The van der Waals surface area contributed by atoms with Gasteiger partial charge in [0.1, 0.15) is 5.82 Å². The van der Waals surface area contributed by atoms with Crippen molar-refractivity contribution < 1.29 is 9.18 Å². The second-order valence-corrected chi connectivity index (χ2v) is 5.57. The van der Waals surface area contributed by atoms with Gasteiger partial charge in [-0.25, -0.2) is 4.39 Å². The Bertz CT molecular complexity index is 536. The number of nitrogens with zero attached hydrogens (tertiary/aromatic N) is 1. The number of amides is 1. The number of rotatable bonds is 6. The maximum Gasteiger partial charge on any atom is 0.237 e. The number of nitrogens with one attached hydrogen (secondary N) is 1. The number of hydrogen-bond donors (Lipinski definition) is 2. The summed E-state index contributed by atoms with van der Waals surface area (Å²) in [5.41, 5.74) is 5.26. The molecule has 0 aromatic heterocycles. The molecule has 1 atom stereocenters. The minimum absolute atomic E-state index is 0.146. The molecule has 4 nitrogen and oxygen atoms in total. The van der Waals surface area contributed by atoms with Gasteiger partial charge in [-0.2, -0.15) is 5.26 Å². The Kier molecular flexibility index (Phi) is 5.23. The van der Waals surface area contributed by atoms with Crippen molar-refractivity contribution in [2.24, 2.45) is 11.7 Å². The molecule has 0 spiro atoms. The van der Waals surface area contributed by atoms with Gasteiger partial charge in [-0.1, -0.05) is 13.8 Å². The van der Waals surface area contributed by atoms with Crippen LogP contribution in [0.1, 0.15) is 38.3 Å². The molecule has 0 aliphatic heterocycles. The first-order valence-corrected chi connectivity index (χ1v) is 6.52. The van der Waals surface area contributed by atoms with Crippen molar-refractivity contribution >= 4 is 5.91 Å². The molecule has 1 amide bonds. The van der Waals surface area contributed by atoms with E-state index in [1.807, 2.05) is 19.9 Å². The molecule has 0 fully saturated rings. The van der Waals surface area contributed by atoms with Crippen LogP contribution in [-0.2, 0) is 11.3 Å². The standard InChI is InChI=1S/C15H20FN3O/c1-10(2)7-15(3,14(18)20)19-9-12-6-11(8-17)4-5-13(12)16/h4-6,10,19H,7,9H2,1-3H3,(H2,18,20)/t15-/m1/s1.